The van der Waals surface area contributed by atoms with E-state index >= 15 is 0 Å². The summed E-state index contributed by atoms with van der Waals surface area (Å²) < 4.78 is 0. The Morgan fingerprint density at radius 3 is 2.46 bits per heavy atom. The molecule has 1 saturated heterocycles. The van der Waals surface area contributed by atoms with Gasteiger partial charge >= 0.3 is 6.03 Å². The molecule has 2 saturated carbocycles. The van der Waals surface area contributed by atoms with Crippen molar-refractivity contribution in [2.24, 2.45) is 5.92 Å². The van der Waals surface area contributed by atoms with Crippen LogP contribution in [0.3, 0.4) is 0 Å². The molecule has 24 heavy (non-hydrogen) atoms. The Hall–Kier alpha value is -1.59. The minimum Gasteiger partial charge on any atom is -0.352 e. The monoisotopic (exact) mass is 335 g/mol. The first-order valence-corrected chi connectivity index (χ1v) is 9.35. The highest BCUT2D eigenvalue weighted by Crippen LogP contribution is 2.39. The van der Waals surface area contributed by atoms with Crippen molar-refractivity contribution in [2.75, 3.05) is 13.6 Å². The number of imide groups is 1. The molecule has 2 aliphatic carbocycles. The fourth-order valence-electron chi connectivity index (χ4n) is 4.60. The number of hydrogen-bond acceptors (Lipinski definition) is 3. The number of nitrogens with zero attached hydrogens (tertiary/aromatic N) is 2. The van der Waals surface area contributed by atoms with Gasteiger partial charge in [-0.05, 0) is 31.6 Å². The lowest BCUT2D eigenvalue weighted by molar-refractivity contribution is -0.137. The predicted molar refractivity (Wildman–Crippen MR) is 90.3 cm³/mol. The van der Waals surface area contributed by atoms with Gasteiger partial charge in [0.05, 0.1) is 0 Å². The van der Waals surface area contributed by atoms with Crippen molar-refractivity contribution in [3.8, 4) is 0 Å². The van der Waals surface area contributed by atoms with Gasteiger partial charge in [-0.1, -0.05) is 39.0 Å². The van der Waals surface area contributed by atoms with Crippen LogP contribution < -0.4 is 5.32 Å². The topological polar surface area (TPSA) is 69.7 Å². The number of rotatable bonds is 3. The molecule has 1 heterocycles. The maximum atomic E-state index is 12.9. The van der Waals surface area contributed by atoms with Crippen LogP contribution in [0.15, 0.2) is 0 Å². The number of amides is 4. The highest BCUT2D eigenvalue weighted by atomic mass is 16.2. The van der Waals surface area contributed by atoms with Crippen LogP contribution in [0.25, 0.3) is 0 Å². The highest BCUT2D eigenvalue weighted by molar-refractivity contribution is 6.08. The first-order chi connectivity index (χ1) is 11.5. The van der Waals surface area contributed by atoms with Gasteiger partial charge in [0, 0.05) is 13.1 Å². The summed E-state index contributed by atoms with van der Waals surface area (Å²) in [5.74, 6) is 0.0679. The molecule has 0 bridgehead atoms. The molecule has 0 aromatic rings. The van der Waals surface area contributed by atoms with Crippen LogP contribution >= 0.6 is 0 Å². The van der Waals surface area contributed by atoms with Crippen LogP contribution in [0.4, 0.5) is 4.79 Å². The summed E-state index contributed by atoms with van der Waals surface area (Å²) in [4.78, 5) is 40.6. The van der Waals surface area contributed by atoms with E-state index in [2.05, 4.69) is 12.2 Å². The third-order valence-corrected chi connectivity index (χ3v) is 6.24. The summed E-state index contributed by atoms with van der Waals surface area (Å²) in [5, 5.41) is 3.04. The second-order valence-corrected chi connectivity index (χ2v) is 7.76. The quantitative estimate of drug-likeness (QED) is 0.805. The van der Waals surface area contributed by atoms with Gasteiger partial charge in [0.1, 0.15) is 12.1 Å². The molecule has 1 N–H and O–H groups in total. The van der Waals surface area contributed by atoms with Gasteiger partial charge < -0.3 is 10.2 Å². The molecule has 134 valence electrons. The number of likely N-dealkylation sites (N-methyl/N-ethyl adjacent to an activating group) is 1. The predicted octanol–water partition coefficient (Wildman–Crippen LogP) is 2.28. The Morgan fingerprint density at radius 2 is 1.79 bits per heavy atom. The van der Waals surface area contributed by atoms with E-state index in [4.69, 9.17) is 0 Å². The van der Waals surface area contributed by atoms with Crippen LogP contribution in [0, 0.1) is 5.92 Å². The first-order valence-electron chi connectivity index (χ1n) is 9.35. The molecule has 0 aromatic carbocycles. The minimum atomic E-state index is -0.701. The molecule has 2 atom stereocenters. The van der Waals surface area contributed by atoms with Gasteiger partial charge in [0.15, 0.2) is 0 Å². The molecule has 3 fully saturated rings. The molecule has 0 aromatic heterocycles. The molecule has 3 rings (SSSR count). The Balaban J connectivity index is 1.65. The Labute approximate surface area is 143 Å². The summed E-state index contributed by atoms with van der Waals surface area (Å²) in [6, 6.07) is -0.158. The zero-order chi connectivity index (χ0) is 17.3. The SMILES string of the molecule is CC1CCCCC1NC(=O)CN1C(=O)N(C)C2(CCCCC2)C1=O. The van der Waals surface area contributed by atoms with E-state index in [1.165, 1.54) is 6.42 Å². The lowest BCUT2D eigenvalue weighted by Crippen LogP contribution is -2.50. The van der Waals surface area contributed by atoms with Crippen LogP contribution in [0.1, 0.15) is 64.7 Å². The second kappa shape index (κ2) is 6.73. The van der Waals surface area contributed by atoms with Crippen LogP contribution in [-0.2, 0) is 9.59 Å². The second-order valence-electron chi connectivity index (χ2n) is 7.76. The number of carbonyl (C=O) groups is 3. The molecule has 1 aliphatic heterocycles. The smallest absolute Gasteiger partial charge is 0.327 e. The van der Waals surface area contributed by atoms with Crippen molar-refractivity contribution in [3.05, 3.63) is 0 Å². The van der Waals surface area contributed by atoms with Crippen LogP contribution in [-0.4, -0.2) is 52.8 Å². The van der Waals surface area contributed by atoms with E-state index in [0.717, 1.165) is 43.4 Å². The van der Waals surface area contributed by atoms with E-state index in [1.807, 2.05) is 0 Å². The van der Waals surface area contributed by atoms with Crippen LogP contribution in [0.5, 0.6) is 0 Å². The van der Waals surface area contributed by atoms with E-state index in [-0.39, 0.29) is 30.4 Å². The first kappa shape index (κ1) is 17.2. The largest absolute Gasteiger partial charge is 0.352 e. The average molecular weight is 335 g/mol. The summed E-state index contributed by atoms with van der Waals surface area (Å²) in [6.45, 7) is 2.01. The van der Waals surface area contributed by atoms with E-state index in [1.54, 1.807) is 11.9 Å². The number of hydrogen-bond donors (Lipinski definition) is 1. The molecule has 0 radical (unpaired) electrons. The van der Waals surface area contributed by atoms with Crippen molar-refractivity contribution in [1.29, 1.82) is 0 Å². The standard InChI is InChI=1S/C18H29N3O3/c1-13-8-4-5-9-14(13)19-15(22)12-21-16(23)18(20(2)17(21)24)10-6-3-7-11-18/h13-14H,3-12H2,1-2H3,(H,19,22). The van der Waals surface area contributed by atoms with E-state index < -0.39 is 5.54 Å². The molecular formula is C18H29N3O3. The Kier molecular flexibility index (Phi) is 4.83. The lowest BCUT2D eigenvalue weighted by atomic mass is 9.81. The highest BCUT2D eigenvalue weighted by Gasteiger charge is 2.55. The average Bonchev–Trinajstić information content (AvgIpc) is 2.74. The molecule has 1 spiro atoms. The third kappa shape index (κ3) is 2.91. The molecule has 6 nitrogen and oxygen atoms in total. The lowest BCUT2D eigenvalue weighted by Gasteiger charge is -2.35. The van der Waals surface area contributed by atoms with Gasteiger partial charge in [0.25, 0.3) is 5.91 Å². The van der Waals surface area contributed by atoms with Gasteiger partial charge in [-0.2, -0.15) is 0 Å². The summed E-state index contributed by atoms with van der Waals surface area (Å²) >= 11 is 0. The van der Waals surface area contributed by atoms with Gasteiger partial charge in [-0.3, -0.25) is 14.5 Å². The van der Waals surface area contributed by atoms with Crippen molar-refractivity contribution < 1.29 is 14.4 Å². The van der Waals surface area contributed by atoms with E-state index in [9.17, 15) is 14.4 Å². The number of carbonyl (C=O) groups excluding carboxylic acids is 3. The van der Waals surface area contributed by atoms with Crippen molar-refractivity contribution in [1.82, 2.24) is 15.1 Å². The molecule has 3 aliphatic rings. The fraction of sp³-hybridized carbons (Fsp3) is 0.833. The molecule has 4 amide bonds. The normalized spacial score (nSPS) is 30.1. The minimum absolute atomic E-state index is 0.146. The van der Waals surface area contributed by atoms with Crippen molar-refractivity contribution >= 4 is 17.8 Å². The third-order valence-electron chi connectivity index (χ3n) is 6.24. The zero-order valence-electron chi connectivity index (χ0n) is 14.8. The molecular weight excluding hydrogens is 306 g/mol. The fourth-order valence-corrected chi connectivity index (χ4v) is 4.60. The van der Waals surface area contributed by atoms with Gasteiger partial charge in [-0.15, -0.1) is 0 Å². The summed E-state index contributed by atoms with van der Waals surface area (Å²) in [6.07, 6.45) is 8.91. The van der Waals surface area contributed by atoms with Crippen molar-refractivity contribution in [2.45, 2.75) is 76.3 Å². The van der Waals surface area contributed by atoms with Gasteiger partial charge in [-0.25, -0.2) is 4.79 Å². The molecule has 2 unspecified atom stereocenters. The maximum Gasteiger partial charge on any atom is 0.327 e. The maximum absolute atomic E-state index is 12.9. The van der Waals surface area contributed by atoms with Gasteiger partial charge in [0.2, 0.25) is 5.91 Å². The zero-order valence-corrected chi connectivity index (χ0v) is 14.8. The molecule has 6 heteroatoms. The number of urea groups is 1. The van der Waals surface area contributed by atoms with Crippen molar-refractivity contribution in [3.63, 3.8) is 0 Å². The van der Waals surface area contributed by atoms with Crippen LogP contribution in [0.2, 0.25) is 0 Å². The number of nitrogens with one attached hydrogen (secondary N) is 1. The Bertz CT molecular complexity index is 528. The van der Waals surface area contributed by atoms with E-state index in [0.29, 0.717) is 18.8 Å². The summed E-state index contributed by atoms with van der Waals surface area (Å²) in [7, 11) is 1.70. The Morgan fingerprint density at radius 1 is 1.12 bits per heavy atom. The summed E-state index contributed by atoms with van der Waals surface area (Å²) in [5.41, 5.74) is -0.701.